The van der Waals surface area contributed by atoms with Crippen LogP contribution in [0.15, 0.2) is 29.6 Å². The van der Waals surface area contributed by atoms with Crippen molar-refractivity contribution in [2.45, 2.75) is 19.4 Å². The summed E-state index contributed by atoms with van der Waals surface area (Å²) in [5.74, 6) is -1.07. The molecule has 1 atom stereocenters. The zero-order valence-corrected chi connectivity index (χ0v) is 12.7. The number of methoxy groups -OCH3 is 1. The number of esters is 1. The number of hydrogen-bond acceptors (Lipinski definition) is 5. The van der Waals surface area contributed by atoms with E-state index < -0.39 is 11.8 Å². The largest absolute Gasteiger partial charge is 0.465 e. The van der Waals surface area contributed by atoms with E-state index in [-0.39, 0.29) is 23.0 Å². The Morgan fingerprint density at radius 3 is 2.90 bits per heavy atom. The number of nitrogens with two attached hydrogens (primary N) is 1. The van der Waals surface area contributed by atoms with Gasteiger partial charge in [-0.3, -0.25) is 0 Å². The van der Waals surface area contributed by atoms with Crippen LogP contribution < -0.4 is 11.1 Å². The first kappa shape index (κ1) is 15.3. The summed E-state index contributed by atoms with van der Waals surface area (Å²) in [5.41, 5.74) is 6.11. The predicted octanol–water partition coefficient (Wildman–Crippen LogP) is 3.30. The number of rotatable bonds is 5. The van der Waals surface area contributed by atoms with Crippen molar-refractivity contribution in [3.8, 4) is 0 Å². The molecule has 0 fully saturated rings. The predicted molar refractivity (Wildman–Crippen MR) is 83.3 cm³/mol. The van der Waals surface area contributed by atoms with Gasteiger partial charge in [0.25, 0.3) is 0 Å². The molecule has 0 saturated heterocycles. The van der Waals surface area contributed by atoms with Gasteiger partial charge in [0, 0.05) is 23.0 Å². The monoisotopic (exact) mass is 308 g/mol. The third-order valence-electron chi connectivity index (χ3n) is 3.03. The highest BCUT2D eigenvalue weighted by molar-refractivity contribution is 7.09. The Morgan fingerprint density at radius 2 is 2.29 bits per heavy atom. The molecule has 2 aromatic rings. The van der Waals surface area contributed by atoms with Crippen molar-refractivity contribution in [3.63, 3.8) is 0 Å². The Morgan fingerprint density at radius 1 is 1.52 bits per heavy atom. The molecule has 0 aliphatic carbocycles. The van der Waals surface area contributed by atoms with Crippen LogP contribution in [-0.4, -0.2) is 19.1 Å². The molecule has 1 unspecified atom stereocenters. The number of benzene rings is 1. The molecule has 0 radical (unpaired) electrons. The Kier molecular flexibility index (Phi) is 4.80. The molecule has 112 valence electrons. The summed E-state index contributed by atoms with van der Waals surface area (Å²) in [6.45, 7) is 1.95. The van der Waals surface area contributed by atoms with Gasteiger partial charge in [-0.1, -0.05) is 6.07 Å². The van der Waals surface area contributed by atoms with Crippen LogP contribution in [0.1, 0.15) is 22.2 Å². The molecule has 1 aromatic heterocycles. The molecular formula is C15H17FN2O2S. The highest BCUT2D eigenvalue weighted by Gasteiger charge is 2.16. The number of thiophene rings is 1. The second-order valence-electron chi connectivity index (χ2n) is 4.74. The normalized spacial score (nSPS) is 12.0. The van der Waals surface area contributed by atoms with Gasteiger partial charge < -0.3 is 15.8 Å². The number of ether oxygens (including phenoxy) is 1. The molecule has 0 bridgehead atoms. The topological polar surface area (TPSA) is 64.3 Å². The first-order chi connectivity index (χ1) is 10.0. The summed E-state index contributed by atoms with van der Waals surface area (Å²) in [4.78, 5) is 12.8. The molecule has 2 rings (SSSR count). The Labute approximate surface area is 126 Å². The van der Waals surface area contributed by atoms with Gasteiger partial charge in [0.15, 0.2) is 0 Å². The molecule has 4 nitrogen and oxygen atoms in total. The van der Waals surface area contributed by atoms with Crippen molar-refractivity contribution in [2.75, 3.05) is 18.2 Å². The Bertz CT molecular complexity index is 629. The van der Waals surface area contributed by atoms with Crippen LogP contribution in [0.4, 0.5) is 15.8 Å². The Hall–Kier alpha value is -2.08. The van der Waals surface area contributed by atoms with Gasteiger partial charge in [-0.2, -0.15) is 0 Å². The van der Waals surface area contributed by atoms with Gasteiger partial charge in [0.2, 0.25) is 0 Å². The fourth-order valence-corrected chi connectivity index (χ4v) is 2.87. The highest BCUT2D eigenvalue weighted by Crippen LogP contribution is 2.24. The second kappa shape index (κ2) is 6.58. The van der Waals surface area contributed by atoms with Crippen LogP contribution in [0.25, 0.3) is 0 Å². The maximum Gasteiger partial charge on any atom is 0.340 e. The molecule has 0 saturated carbocycles. The van der Waals surface area contributed by atoms with Crippen molar-refractivity contribution in [3.05, 3.63) is 45.9 Å². The van der Waals surface area contributed by atoms with Crippen LogP contribution in [0.2, 0.25) is 0 Å². The lowest BCUT2D eigenvalue weighted by atomic mass is 10.1. The Balaban J connectivity index is 2.17. The van der Waals surface area contributed by atoms with Gasteiger partial charge in [0.05, 0.1) is 18.4 Å². The summed E-state index contributed by atoms with van der Waals surface area (Å²) in [5, 5.41) is 5.06. The fraction of sp³-hybridized carbons (Fsp3) is 0.267. The first-order valence-corrected chi connectivity index (χ1v) is 7.35. The molecule has 6 heteroatoms. The average Bonchev–Trinajstić information content (AvgIpc) is 2.93. The number of carbonyl (C=O) groups is 1. The SMILES string of the molecule is COC(=O)c1cc(NC(C)Cc2cccs2)c(F)cc1N. The van der Waals surface area contributed by atoms with E-state index in [4.69, 9.17) is 5.73 Å². The van der Waals surface area contributed by atoms with E-state index >= 15 is 0 Å². The van der Waals surface area contributed by atoms with Gasteiger partial charge in [-0.15, -0.1) is 11.3 Å². The second-order valence-corrected chi connectivity index (χ2v) is 5.77. The van der Waals surface area contributed by atoms with E-state index in [1.54, 1.807) is 11.3 Å². The smallest absolute Gasteiger partial charge is 0.340 e. The van der Waals surface area contributed by atoms with Crippen LogP contribution in [-0.2, 0) is 11.2 Å². The van der Waals surface area contributed by atoms with Gasteiger partial charge in [-0.25, -0.2) is 9.18 Å². The molecular weight excluding hydrogens is 291 g/mol. The quantitative estimate of drug-likeness (QED) is 0.657. The van der Waals surface area contributed by atoms with E-state index in [9.17, 15) is 9.18 Å². The molecule has 0 aliphatic heterocycles. The zero-order chi connectivity index (χ0) is 15.4. The number of anilines is 2. The minimum Gasteiger partial charge on any atom is -0.465 e. The lowest BCUT2D eigenvalue weighted by Gasteiger charge is -2.16. The van der Waals surface area contributed by atoms with Crippen LogP contribution in [0.5, 0.6) is 0 Å². The van der Waals surface area contributed by atoms with Crippen LogP contribution in [0, 0.1) is 5.82 Å². The molecule has 3 N–H and O–H groups in total. The van der Waals surface area contributed by atoms with Crippen LogP contribution in [0.3, 0.4) is 0 Å². The lowest BCUT2D eigenvalue weighted by Crippen LogP contribution is -2.19. The molecule has 0 aliphatic rings. The minimum atomic E-state index is -0.582. The van der Waals surface area contributed by atoms with Crippen molar-refractivity contribution >= 4 is 28.7 Å². The van der Waals surface area contributed by atoms with Gasteiger partial charge in [-0.05, 0) is 30.5 Å². The maximum absolute atomic E-state index is 13.9. The number of halogens is 1. The summed E-state index contributed by atoms with van der Waals surface area (Å²) in [6.07, 6.45) is 0.773. The van der Waals surface area contributed by atoms with Crippen molar-refractivity contribution in [1.82, 2.24) is 0 Å². The first-order valence-electron chi connectivity index (χ1n) is 6.47. The third-order valence-corrected chi connectivity index (χ3v) is 3.93. The average molecular weight is 308 g/mol. The summed E-state index contributed by atoms with van der Waals surface area (Å²) < 4.78 is 18.6. The van der Waals surface area contributed by atoms with E-state index in [1.807, 2.05) is 24.4 Å². The third kappa shape index (κ3) is 3.72. The molecule has 21 heavy (non-hydrogen) atoms. The van der Waals surface area contributed by atoms with E-state index in [1.165, 1.54) is 18.1 Å². The van der Waals surface area contributed by atoms with Crippen molar-refractivity contribution in [1.29, 1.82) is 0 Å². The number of carbonyl (C=O) groups excluding carboxylic acids is 1. The number of hydrogen-bond donors (Lipinski definition) is 2. The molecule has 0 spiro atoms. The summed E-state index contributed by atoms with van der Waals surface area (Å²) in [7, 11) is 1.26. The van der Waals surface area contributed by atoms with E-state index in [0.717, 1.165) is 12.5 Å². The molecule has 1 heterocycles. The summed E-state index contributed by atoms with van der Waals surface area (Å²) >= 11 is 1.65. The number of nitrogens with one attached hydrogen (secondary N) is 1. The lowest BCUT2D eigenvalue weighted by molar-refractivity contribution is 0.0602. The van der Waals surface area contributed by atoms with Crippen molar-refractivity contribution in [2.24, 2.45) is 0 Å². The zero-order valence-electron chi connectivity index (χ0n) is 11.9. The molecule has 0 amide bonds. The maximum atomic E-state index is 13.9. The van der Waals surface area contributed by atoms with E-state index in [0.29, 0.717) is 0 Å². The number of nitrogen functional groups attached to an aromatic ring is 1. The van der Waals surface area contributed by atoms with Gasteiger partial charge in [0.1, 0.15) is 5.82 Å². The van der Waals surface area contributed by atoms with Gasteiger partial charge >= 0.3 is 5.97 Å². The molecule has 1 aromatic carbocycles. The summed E-state index contributed by atoms with van der Waals surface area (Å²) in [6, 6.07) is 6.55. The standard InChI is InChI=1S/C15H17FN2O2S/c1-9(6-10-4-3-5-21-10)18-14-7-11(15(19)20-2)13(17)8-12(14)16/h3-5,7-9,18H,6,17H2,1-2H3. The minimum absolute atomic E-state index is 0.0206. The van der Waals surface area contributed by atoms with Crippen molar-refractivity contribution < 1.29 is 13.9 Å². The van der Waals surface area contributed by atoms with E-state index in [2.05, 4.69) is 10.1 Å². The fourth-order valence-electron chi connectivity index (χ4n) is 2.03. The highest BCUT2D eigenvalue weighted by atomic mass is 32.1. The van der Waals surface area contributed by atoms with Crippen LogP contribution >= 0.6 is 11.3 Å².